The van der Waals surface area contributed by atoms with Crippen molar-refractivity contribution in [2.75, 3.05) is 7.11 Å². The largest absolute Gasteiger partial charge is 0.497 e. The lowest BCUT2D eigenvalue weighted by Gasteiger charge is -2.13. The quantitative estimate of drug-likeness (QED) is 0.712. The summed E-state index contributed by atoms with van der Waals surface area (Å²) < 4.78 is 10.8. The van der Waals surface area contributed by atoms with Crippen molar-refractivity contribution in [2.45, 2.75) is 19.5 Å². The van der Waals surface area contributed by atoms with Crippen LogP contribution in [-0.4, -0.2) is 22.1 Å². The Morgan fingerprint density at radius 2 is 1.76 bits per heavy atom. The maximum absolute atomic E-state index is 5.72. The van der Waals surface area contributed by atoms with Gasteiger partial charge in [0, 0.05) is 43.4 Å². The van der Waals surface area contributed by atoms with Crippen molar-refractivity contribution >= 4 is 0 Å². The molecule has 0 saturated heterocycles. The molecule has 25 heavy (non-hydrogen) atoms. The molecule has 0 aliphatic heterocycles. The Balaban J connectivity index is 1.54. The zero-order chi connectivity index (χ0) is 17.5. The number of methoxy groups -OCH3 is 1. The van der Waals surface area contributed by atoms with Crippen molar-refractivity contribution in [3.63, 3.8) is 0 Å². The molecule has 6 heteroatoms. The van der Waals surface area contributed by atoms with E-state index in [-0.39, 0.29) is 6.04 Å². The van der Waals surface area contributed by atoms with Gasteiger partial charge < -0.3 is 14.8 Å². The highest BCUT2D eigenvalue weighted by Gasteiger charge is 2.06. The van der Waals surface area contributed by atoms with Crippen LogP contribution in [0.5, 0.6) is 17.4 Å². The summed E-state index contributed by atoms with van der Waals surface area (Å²) in [6.07, 6.45) is 6.93. The molecule has 1 N–H and O–H groups in total. The minimum atomic E-state index is 0.115. The van der Waals surface area contributed by atoms with Gasteiger partial charge in [0.1, 0.15) is 11.5 Å². The minimum absolute atomic E-state index is 0.115. The fourth-order valence-corrected chi connectivity index (χ4v) is 2.25. The predicted octanol–water partition coefficient (Wildman–Crippen LogP) is 3.52. The standard InChI is InChI=1S/C19H20N4O2/c1-14(18-13-20-9-10-21-18)22-11-15-3-8-19(23-12-15)25-17-6-4-16(24-2)5-7-17/h3-10,12-14,22H,11H2,1-2H3/t14-/m0/s1. The van der Waals surface area contributed by atoms with E-state index in [1.807, 2.05) is 36.4 Å². The van der Waals surface area contributed by atoms with E-state index in [4.69, 9.17) is 9.47 Å². The summed E-state index contributed by atoms with van der Waals surface area (Å²) in [7, 11) is 1.63. The van der Waals surface area contributed by atoms with E-state index in [0.717, 1.165) is 22.8 Å². The number of hydrogen-bond acceptors (Lipinski definition) is 6. The zero-order valence-corrected chi connectivity index (χ0v) is 14.2. The van der Waals surface area contributed by atoms with E-state index in [0.29, 0.717) is 12.4 Å². The van der Waals surface area contributed by atoms with Crippen LogP contribution in [0.15, 0.2) is 61.2 Å². The van der Waals surface area contributed by atoms with E-state index in [1.54, 1.807) is 31.9 Å². The number of hydrogen-bond donors (Lipinski definition) is 1. The first-order valence-corrected chi connectivity index (χ1v) is 8.01. The topological polar surface area (TPSA) is 69.2 Å². The maximum Gasteiger partial charge on any atom is 0.219 e. The summed E-state index contributed by atoms with van der Waals surface area (Å²) in [5.41, 5.74) is 1.98. The molecule has 128 valence electrons. The Bertz CT molecular complexity index is 777. The zero-order valence-electron chi connectivity index (χ0n) is 14.2. The summed E-state index contributed by atoms with van der Waals surface area (Å²) in [6, 6.07) is 11.3. The summed E-state index contributed by atoms with van der Waals surface area (Å²) in [6.45, 7) is 2.74. The fraction of sp³-hybridized carbons (Fsp3) is 0.211. The average Bonchev–Trinajstić information content (AvgIpc) is 2.68. The van der Waals surface area contributed by atoms with Crippen LogP contribution >= 0.6 is 0 Å². The lowest BCUT2D eigenvalue weighted by molar-refractivity contribution is 0.412. The second-order valence-electron chi connectivity index (χ2n) is 5.52. The number of nitrogens with zero attached hydrogens (tertiary/aromatic N) is 3. The van der Waals surface area contributed by atoms with Gasteiger partial charge in [0.15, 0.2) is 0 Å². The molecule has 3 aromatic rings. The molecule has 0 saturated carbocycles. The first kappa shape index (κ1) is 16.9. The third kappa shape index (κ3) is 4.74. The van der Waals surface area contributed by atoms with E-state index < -0.39 is 0 Å². The Labute approximate surface area is 146 Å². The van der Waals surface area contributed by atoms with Gasteiger partial charge in [0.05, 0.1) is 12.8 Å². The number of ether oxygens (including phenoxy) is 2. The first-order valence-electron chi connectivity index (χ1n) is 8.01. The predicted molar refractivity (Wildman–Crippen MR) is 94.6 cm³/mol. The van der Waals surface area contributed by atoms with Crippen LogP contribution in [0.25, 0.3) is 0 Å². The van der Waals surface area contributed by atoms with Crippen LogP contribution in [0.2, 0.25) is 0 Å². The van der Waals surface area contributed by atoms with Gasteiger partial charge in [-0.3, -0.25) is 9.97 Å². The van der Waals surface area contributed by atoms with Crippen LogP contribution in [0.4, 0.5) is 0 Å². The van der Waals surface area contributed by atoms with Crippen molar-refractivity contribution in [2.24, 2.45) is 0 Å². The van der Waals surface area contributed by atoms with Gasteiger partial charge in [0.2, 0.25) is 5.88 Å². The highest BCUT2D eigenvalue weighted by atomic mass is 16.5. The molecule has 2 heterocycles. The molecule has 1 atom stereocenters. The third-order valence-electron chi connectivity index (χ3n) is 3.72. The number of rotatable bonds is 7. The Morgan fingerprint density at radius 3 is 2.40 bits per heavy atom. The van der Waals surface area contributed by atoms with Crippen LogP contribution in [0, 0.1) is 0 Å². The maximum atomic E-state index is 5.72. The highest BCUT2D eigenvalue weighted by molar-refractivity contribution is 5.33. The van der Waals surface area contributed by atoms with Crippen LogP contribution < -0.4 is 14.8 Å². The van der Waals surface area contributed by atoms with Crippen molar-refractivity contribution in [1.82, 2.24) is 20.3 Å². The van der Waals surface area contributed by atoms with Gasteiger partial charge in [-0.15, -0.1) is 0 Å². The molecule has 1 aromatic carbocycles. The summed E-state index contributed by atoms with van der Waals surface area (Å²) >= 11 is 0. The van der Waals surface area contributed by atoms with Gasteiger partial charge in [-0.05, 0) is 36.8 Å². The van der Waals surface area contributed by atoms with Crippen LogP contribution in [-0.2, 0) is 6.54 Å². The third-order valence-corrected chi connectivity index (χ3v) is 3.72. The second-order valence-corrected chi connectivity index (χ2v) is 5.52. The average molecular weight is 336 g/mol. The minimum Gasteiger partial charge on any atom is -0.497 e. The Hall–Kier alpha value is -2.99. The van der Waals surface area contributed by atoms with Crippen LogP contribution in [0.3, 0.4) is 0 Å². The lowest BCUT2D eigenvalue weighted by atomic mass is 10.2. The smallest absolute Gasteiger partial charge is 0.219 e. The lowest BCUT2D eigenvalue weighted by Crippen LogP contribution is -2.19. The second kappa shape index (κ2) is 8.21. The van der Waals surface area contributed by atoms with Gasteiger partial charge in [-0.2, -0.15) is 0 Å². The molecule has 0 aliphatic rings. The van der Waals surface area contributed by atoms with Gasteiger partial charge in [-0.25, -0.2) is 4.98 Å². The van der Waals surface area contributed by atoms with Crippen molar-refractivity contribution in [3.8, 4) is 17.4 Å². The molecular formula is C19H20N4O2. The molecular weight excluding hydrogens is 316 g/mol. The number of benzene rings is 1. The molecule has 2 aromatic heterocycles. The monoisotopic (exact) mass is 336 g/mol. The highest BCUT2D eigenvalue weighted by Crippen LogP contribution is 2.22. The van der Waals surface area contributed by atoms with Gasteiger partial charge >= 0.3 is 0 Å². The van der Waals surface area contributed by atoms with Crippen LogP contribution in [0.1, 0.15) is 24.2 Å². The molecule has 6 nitrogen and oxygen atoms in total. The van der Waals surface area contributed by atoms with E-state index in [1.165, 1.54) is 0 Å². The van der Waals surface area contributed by atoms with E-state index in [2.05, 4.69) is 27.2 Å². The number of pyridine rings is 1. The fourth-order valence-electron chi connectivity index (χ4n) is 2.25. The Morgan fingerprint density at radius 1 is 0.960 bits per heavy atom. The molecule has 0 fully saturated rings. The number of nitrogens with one attached hydrogen (secondary N) is 1. The summed E-state index contributed by atoms with van der Waals surface area (Å²) in [4.78, 5) is 12.7. The molecule has 0 bridgehead atoms. The summed E-state index contributed by atoms with van der Waals surface area (Å²) in [5, 5.41) is 3.40. The first-order chi connectivity index (χ1) is 12.2. The Kier molecular flexibility index (Phi) is 5.53. The SMILES string of the molecule is COc1ccc(Oc2ccc(CN[C@@H](C)c3cnccn3)cn2)cc1. The number of aromatic nitrogens is 3. The van der Waals surface area contributed by atoms with Crippen molar-refractivity contribution < 1.29 is 9.47 Å². The van der Waals surface area contributed by atoms with Gasteiger partial charge in [0.25, 0.3) is 0 Å². The molecule has 0 amide bonds. The molecule has 0 unspecified atom stereocenters. The van der Waals surface area contributed by atoms with E-state index in [9.17, 15) is 0 Å². The molecule has 0 aliphatic carbocycles. The van der Waals surface area contributed by atoms with Crippen molar-refractivity contribution in [3.05, 3.63) is 72.4 Å². The molecule has 0 radical (unpaired) electrons. The normalized spacial score (nSPS) is 11.8. The van der Waals surface area contributed by atoms with Gasteiger partial charge in [-0.1, -0.05) is 6.07 Å². The van der Waals surface area contributed by atoms with Crippen molar-refractivity contribution in [1.29, 1.82) is 0 Å². The molecule has 3 rings (SSSR count). The summed E-state index contributed by atoms with van der Waals surface area (Å²) in [5.74, 6) is 2.06. The molecule has 0 spiro atoms. The van der Waals surface area contributed by atoms with E-state index >= 15 is 0 Å².